The fourth-order valence-electron chi connectivity index (χ4n) is 2.26. The second kappa shape index (κ2) is 5.70. The Morgan fingerprint density at radius 2 is 1.79 bits per heavy atom. The first-order chi connectivity index (χ1) is 9.02. The maximum Gasteiger partial charge on any atom is 0.129 e. The maximum absolute atomic E-state index is 5.95. The standard InChI is InChI=1S/C15H18ClN3/c1-9-6-11(3)13(7-10(9)2)15(19-17)12-4-5-18-14(16)8-12/h4-8,15,19H,17H2,1-3H3. The van der Waals surface area contributed by atoms with E-state index in [1.54, 1.807) is 6.20 Å². The highest BCUT2D eigenvalue weighted by atomic mass is 35.5. The Labute approximate surface area is 118 Å². The first-order valence-electron chi connectivity index (χ1n) is 6.18. The van der Waals surface area contributed by atoms with E-state index in [-0.39, 0.29) is 6.04 Å². The highest BCUT2D eigenvalue weighted by molar-refractivity contribution is 6.29. The van der Waals surface area contributed by atoms with Crippen LogP contribution >= 0.6 is 11.6 Å². The van der Waals surface area contributed by atoms with E-state index in [4.69, 9.17) is 17.4 Å². The van der Waals surface area contributed by atoms with Crippen molar-refractivity contribution < 1.29 is 0 Å². The molecular formula is C15H18ClN3. The summed E-state index contributed by atoms with van der Waals surface area (Å²) in [5.74, 6) is 5.73. The van der Waals surface area contributed by atoms with Crippen LogP contribution in [0, 0.1) is 20.8 Å². The van der Waals surface area contributed by atoms with Gasteiger partial charge in [0, 0.05) is 6.20 Å². The molecule has 0 aliphatic carbocycles. The molecule has 0 spiro atoms. The lowest BCUT2D eigenvalue weighted by atomic mass is 9.92. The molecule has 19 heavy (non-hydrogen) atoms. The summed E-state index contributed by atoms with van der Waals surface area (Å²) in [7, 11) is 0. The molecule has 1 atom stereocenters. The van der Waals surface area contributed by atoms with Crippen molar-refractivity contribution in [3.05, 3.63) is 63.4 Å². The Kier molecular flexibility index (Phi) is 4.20. The Bertz CT molecular complexity index is 596. The normalized spacial score (nSPS) is 12.5. The summed E-state index contributed by atoms with van der Waals surface area (Å²) in [6, 6.07) is 8.02. The number of rotatable bonds is 3. The molecule has 0 radical (unpaired) electrons. The summed E-state index contributed by atoms with van der Waals surface area (Å²) in [4.78, 5) is 4.00. The fraction of sp³-hybridized carbons (Fsp3) is 0.267. The number of aryl methyl sites for hydroxylation is 3. The van der Waals surface area contributed by atoms with Crippen molar-refractivity contribution in [3.8, 4) is 0 Å². The molecule has 0 bridgehead atoms. The molecule has 3 nitrogen and oxygen atoms in total. The van der Waals surface area contributed by atoms with E-state index in [9.17, 15) is 0 Å². The van der Waals surface area contributed by atoms with Crippen LogP contribution in [0.2, 0.25) is 5.15 Å². The molecule has 1 heterocycles. The molecule has 1 unspecified atom stereocenters. The van der Waals surface area contributed by atoms with E-state index >= 15 is 0 Å². The Balaban J connectivity index is 2.51. The summed E-state index contributed by atoms with van der Waals surface area (Å²) in [5.41, 5.74) is 8.77. The maximum atomic E-state index is 5.95. The van der Waals surface area contributed by atoms with Gasteiger partial charge in [-0.2, -0.15) is 0 Å². The molecule has 0 amide bonds. The molecule has 0 saturated carbocycles. The number of hydrogen-bond acceptors (Lipinski definition) is 3. The van der Waals surface area contributed by atoms with Crippen molar-refractivity contribution in [1.82, 2.24) is 10.4 Å². The van der Waals surface area contributed by atoms with Crippen LogP contribution in [0.3, 0.4) is 0 Å². The van der Waals surface area contributed by atoms with Crippen molar-refractivity contribution in [1.29, 1.82) is 0 Å². The van der Waals surface area contributed by atoms with Crippen molar-refractivity contribution in [3.63, 3.8) is 0 Å². The van der Waals surface area contributed by atoms with Gasteiger partial charge in [0.2, 0.25) is 0 Å². The highest BCUT2D eigenvalue weighted by Gasteiger charge is 2.16. The SMILES string of the molecule is Cc1cc(C)c(C(NN)c2ccnc(Cl)c2)cc1C. The Morgan fingerprint density at radius 3 is 2.42 bits per heavy atom. The molecule has 100 valence electrons. The zero-order chi connectivity index (χ0) is 14.0. The van der Waals surface area contributed by atoms with Gasteiger partial charge >= 0.3 is 0 Å². The lowest BCUT2D eigenvalue weighted by Gasteiger charge is -2.20. The number of pyridine rings is 1. The number of hydrazine groups is 1. The zero-order valence-corrected chi connectivity index (χ0v) is 12.1. The molecule has 0 saturated heterocycles. The van der Waals surface area contributed by atoms with Gasteiger partial charge in [-0.15, -0.1) is 0 Å². The minimum Gasteiger partial charge on any atom is -0.271 e. The van der Waals surface area contributed by atoms with Gasteiger partial charge in [0.15, 0.2) is 0 Å². The third-order valence-electron chi connectivity index (χ3n) is 3.44. The van der Waals surface area contributed by atoms with Crippen molar-refractivity contribution in [2.75, 3.05) is 0 Å². The van der Waals surface area contributed by atoms with E-state index in [1.807, 2.05) is 12.1 Å². The van der Waals surface area contributed by atoms with Crippen LogP contribution in [0.25, 0.3) is 0 Å². The Hall–Kier alpha value is -1.42. The molecule has 1 aromatic heterocycles. The molecule has 3 N–H and O–H groups in total. The topological polar surface area (TPSA) is 50.9 Å². The number of halogens is 1. The van der Waals surface area contributed by atoms with Gasteiger partial charge in [0.25, 0.3) is 0 Å². The molecule has 0 aliphatic heterocycles. The lowest BCUT2D eigenvalue weighted by molar-refractivity contribution is 0.632. The van der Waals surface area contributed by atoms with Crippen LogP contribution in [0.15, 0.2) is 30.5 Å². The van der Waals surface area contributed by atoms with Gasteiger partial charge in [0.05, 0.1) is 6.04 Å². The van der Waals surface area contributed by atoms with Crippen LogP contribution < -0.4 is 11.3 Å². The van der Waals surface area contributed by atoms with Crippen molar-refractivity contribution in [2.24, 2.45) is 5.84 Å². The summed E-state index contributed by atoms with van der Waals surface area (Å²) in [6.45, 7) is 6.31. The lowest BCUT2D eigenvalue weighted by Crippen LogP contribution is -2.29. The molecule has 1 aromatic carbocycles. The summed E-state index contributed by atoms with van der Waals surface area (Å²) in [5, 5.41) is 0.472. The minimum atomic E-state index is -0.0835. The number of benzene rings is 1. The van der Waals surface area contributed by atoms with Crippen LogP contribution in [-0.2, 0) is 0 Å². The van der Waals surface area contributed by atoms with Crippen LogP contribution in [-0.4, -0.2) is 4.98 Å². The monoisotopic (exact) mass is 275 g/mol. The minimum absolute atomic E-state index is 0.0835. The van der Waals surface area contributed by atoms with Gasteiger partial charge < -0.3 is 0 Å². The smallest absolute Gasteiger partial charge is 0.129 e. The first kappa shape index (κ1) is 14.0. The second-order valence-electron chi connectivity index (χ2n) is 4.80. The van der Waals surface area contributed by atoms with E-state index in [0.717, 1.165) is 11.1 Å². The molecule has 4 heteroatoms. The molecule has 0 fully saturated rings. The summed E-state index contributed by atoms with van der Waals surface area (Å²) in [6.07, 6.45) is 1.69. The predicted molar refractivity (Wildman–Crippen MR) is 79.1 cm³/mol. The van der Waals surface area contributed by atoms with E-state index in [0.29, 0.717) is 5.15 Å². The predicted octanol–water partition coefficient (Wildman–Crippen LogP) is 3.21. The third kappa shape index (κ3) is 2.95. The summed E-state index contributed by atoms with van der Waals surface area (Å²) < 4.78 is 0. The van der Waals surface area contributed by atoms with Crippen LogP contribution in [0.5, 0.6) is 0 Å². The van der Waals surface area contributed by atoms with E-state index < -0.39 is 0 Å². The van der Waals surface area contributed by atoms with Gasteiger partial charge in [0.1, 0.15) is 5.15 Å². The number of nitrogens with one attached hydrogen (secondary N) is 1. The second-order valence-corrected chi connectivity index (χ2v) is 5.19. The highest BCUT2D eigenvalue weighted by Crippen LogP contribution is 2.27. The van der Waals surface area contributed by atoms with E-state index in [1.165, 1.54) is 16.7 Å². The van der Waals surface area contributed by atoms with Crippen molar-refractivity contribution >= 4 is 11.6 Å². The number of nitrogens with two attached hydrogens (primary N) is 1. The Morgan fingerprint density at radius 1 is 1.11 bits per heavy atom. The summed E-state index contributed by atoms with van der Waals surface area (Å²) >= 11 is 5.95. The molecule has 2 rings (SSSR count). The van der Waals surface area contributed by atoms with Gasteiger partial charge in [-0.3, -0.25) is 5.84 Å². The fourth-order valence-corrected chi connectivity index (χ4v) is 2.44. The van der Waals surface area contributed by atoms with E-state index in [2.05, 4.69) is 43.3 Å². The number of aromatic nitrogens is 1. The van der Waals surface area contributed by atoms with Gasteiger partial charge in [-0.25, -0.2) is 10.4 Å². The number of nitrogens with zero attached hydrogens (tertiary/aromatic N) is 1. The number of hydrogen-bond donors (Lipinski definition) is 2. The first-order valence-corrected chi connectivity index (χ1v) is 6.56. The largest absolute Gasteiger partial charge is 0.271 e. The van der Waals surface area contributed by atoms with Gasteiger partial charge in [-0.05, 0) is 60.7 Å². The average molecular weight is 276 g/mol. The molecule has 2 aromatic rings. The molecular weight excluding hydrogens is 258 g/mol. The average Bonchev–Trinajstić information content (AvgIpc) is 2.36. The van der Waals surface area contributed by atoms with Crippen molar-refractivity contribution in [2.45, 2.75) is 26.8 Å². The zero-order valence-electron chi connectivity index (χ0n) is 11.4. The van der Waals surface area contributed by atoms with Crippen LogP contribution in [0.4, 0.5) is 0 Å². The third-order valence-corrected chi connectivity index (χ3v) is 3.65. The van der Waals surface area contributed by atoms with Gasteiger partial charge in [-0.1, -0.05) is 23.7 Å². The quantitative estimate of drug-likeness (QED) is 0.514. The van der Waals surface area contributed by atoms with Crippen LogP contribution in [0.1, 0.15) is 33.9 Å². The molecule has 0 aliphatic rings.